The fourth-order valence-corrected chi connectivity index (χ4v) is 4.57. The molecule has 3 aromatic carbocycles. The number of rotatable bonds is 10. The summed E-state index contributed by atoms with van der Waals surface area (Å²) in [5, 5.41) is 0.156. The minimum atomic E-state index is -5.09. The van der Waals surface area contributed by atoms with E-state index in [0.717, 1.165) is 29.9 Å². The molecule has 1 heterocycles. The molecule has 0 aliphatic rings. The lowest BCUT2D eigenvalue weighted by Gasteiger charge is -2.21. The van der Waals surface area contributed by atoms with E-state index in [4.69, 9.17) is 25.5 Å². The predicted octanol–water partition coefficient (Wildman–Crippen LogP) is 6.82. The highest BCUT2D eigenvalue weighted by Gasteiger charge is 2.41. The van der Waals surface area contributed by atoms with Gasteiger partial charge in [-0.3, -0.25) is 4.79 Å². The van der Waals surface area contributed by atoms with Crippen LogP contribution < -0.4 is 19.8 Å². The number of carbonyl (C=O) groups excluding carboxylic acids is 1. The fraction of sp³-hybridized carbons (Fsp3) is 0.267. The van der Waals surface area contributed by atoms with E-state index in [1.165, 1.54) is 48.5 Å². The first-order valence-corrected chi connectivity index (χ1v) is 13.3. The Hall–Kier alpha value is -3.89. The van der Waals surface area contributed by atoms with Gasteiger partial charge in [0.2, 0.25) is 11.2 Å². The average molecular weight is 593 g/mol. The molecule has 0 fully saturated rings. The number of hydrogen-bond donors (Lipinski definition) is 1. The van der Waals surface area contributed by atoms with Gasteiger partial charge in [-0.1, -0.05) is 25.4 Å². The molecule has 216 valence electrons. The number of hydrogen-bond acceptors (Lipinski definition) is 5. The molecular weight excluding hydrogens is 566 g/mol. The van der Waals surface area contributed by atoms with E-state index in [-0.39, 0.29) is 40.1 Å². The number of quaternary nitrogens is 1. The van der Waals surface area contributed by atoms with Crippen molar-refractivity contribution in [2.24, 2.45) is 0 Å². The van der Waals surface area contributed by atoms with Crippen molar-refractivity contribution in [1.29, 1.82) is 0 Å². The number of nitrogens with one attached hydrogen (secondary N) is 1. The summed E-state index contributed by atoms with van der Waals surface area (Å²) < 4.78 is 72.6. The van der Waals surface area contributed by atoms with Gasteiger partial charge < -0.3 is 18.8 Å². The van der Waals surface area contributed by atoms with Gasteiger partial charge in [0, 0.05) is 5.02 Å². The number of ether oxygens (including phenoxy) is 2. The van der Waals surface area contributed by atoms with E-state index < -0.39 is 34.9 Å². The molecule has 0 spiro atoms. The number of fused-ring (bicyclic) bond motifs is 1. The van der Waals surface area contributed by atoms with Crippen LogP contribution in [0.25, 0.3) is 11.0 Å². The van der Waals surface area contributed by atoms with Crippen LogP contribution in [0.4, 0.5) is 17.6 Å². The Morgan fingerprint density at radius 2 is 1.59 bits per heavy atom. The average Bonchev–Trinajstić information content (AvgIpc) is 2.92. The van der Waals surface area contributed by atoms with Crippen LogP contribution in [0.1, 0.15) is 48.4 Å². The van der Waals surface area contributed by atoms with Crippen molar-refractivity contribution in [3.05, 3.63) is 98.6 Å². The Labute approximate surface area is 238 Å². The van der Waals surface area contributed by atoms with Crippen molar-refractivity contribution in [3.8, 4) is 17.2 Å². The molecule has 6 nitrogen and oxygen atoms in total. The van der Waals surface area contributed by atoms with Gasteiger partial charge in [-0.25, -0.2) is 9.18 Å². The number of halogens is 5. The molecule has 0 unspecified atom stereocenters. The third kappa shape index (κ3) is 7.07. The van der Waals surface area contributed by atoms with Gasteiger partial charge in [0.05, 0.1) is 29.6 Å². The molecule has 1 N–H and O–H groups in total. The molecule has 0 amide bonds. The normalized spacial score (nSPS) is 11.7. The minimum Gasteiger partial charge on any atom is -0.449 e. The zero-order chi connectivity index (χ0) is 29.7. The number of esters is 1. The zero-order valence-corrected chi connectivity index (χ0v) is 23.0. The molecule has 0 aliphatic carbocycles. The molecular formula is C30H27ClF4NO5+. The molecule has 0 saturated heterocycles. The maximum atomic E-state index is 14.3. The third-order valence-electron chi connectivity index (χ3n) is 6.29. The van der Waals surface area contributed by atoms with Crippen LogP contribution in [0.3, 0.4) is 0 Å². The SMILES string of the molecule is CCC[NH+](CCC)Cc1c(OC(=O)c2ccc(F)cc2)ccc2c(=O)c(Oc3ccc(Cl)cc3)c(C(F)(F)F)oc12. The van der Waals surface area contributed by atoms with Crippen LogP contribution in [0.15, 0.2) is 69.9 Å². The minimum absolute atomic E-state index is 0.0351. The molecule has 4 rings (SSSR count). The molecule has 0 aliphatic heterocycles. The van der Waals surface area contributed by atoms with Crippen LogP contribution in [-0.4, -0.2) is 19.1 Å². The summed E-state index contributed by atoms with van der Waals surface area (Å²) in [5.74, 6) is -4.16. The van der Waals surface area contributed by atoms with Crippen molar-refractivity contribution in [2.45, 2.75) is 39.4 Å². The van der Waals surface area contributed by atoms with Crippen molar-refractivity contribution < 1.29 is 41.1 Å². The van der Waals surface area contributed by atoms with Gasteiger partial charge in [-0.15, -0.1) is 0 Å². The summed E-state index contributed by atoms with van der Waals surface area (Å²) in [5.41, 5.74) is -1.25. The molecule has 41 heavy (non-hydrogen) atoms. The van der Waals surface area contributed by atoms with E-state index in [1.807, 2.05) is 13.8 Å². The Bertz CT molecular complexity index is 1580. The number of benzene rings is 3. The highest BCUT2D eigenvalue weighted by Crippen LogP contribution is 2.40. The van der Waals surface area contributed by atoms with Gasteiger partial charge in [-0.2, -0.15) is 13.2 Å². The topological polar surface area (TPSA) is 70.2 Å². The standard InChI is InChI=1S/C30H26ClF4NO5/c1-3-15-36(16-4-2)17-23-24(40-29(38)18-5-9-20(32)10-6-18)14-13-22-25(37)27(28(30(33,34)35)41-26(22)23)39-21-11-7-19(31)8-12-21/h5-14H,3-4,15-17H2,1-2H3/p+1. The van der Waals surface area contributed by atoms with Crippen LogP contribution in [0, 0.1) is 5.82 Å². The monoisotopic (exact) mass is 592 g/mol. The predicted molar refractivity (Wildman–Crippen MR) is 145 cm³/mol. The van der Waals surface area contributed by atoms with Gasteiger partial charge in [0.25, 0.3) is 5.76 Å². The smallest absolute Gasteiger partial charge is 0.449 e. The molecule has 1 aromatic heterocycles. The molecule has 11 heteroatoms. The van der Waals surface area contributed by atoms with Crippen LogP contribution in [0.2, 0.25) is 5.02 Å². The Morgan fingerprint density at radius 1 is 0.951 bits per heavy atom. The molecule has 0 bridgehead atoms. The van der Waals surface area contributed by atoms with E-state index in [0.29, 0.717) is 18.1 Å². The van der Waals surface area contributed by atoms with Crippen molar-refractivity contribution in [3.63, 3.8) is 0 Å². The number of carbonyl (C=O) groups is 1. The molecule has 0 saturated carbocycles. The highest BCUT2D eigenvalue weighted by molar-refractivity contribution is 6.30. The summed E-state index contributed by atoms with van der Waals surface area (Å²) in [6.45, 7) is 5.39. The van der Waals surface area contributed by atoms with Crippen LogP contribution >= 0.6 is 11.6 Å². The summed E-state index contributed by atoms with van der Waals surface area (Å²) in [6, 6.07) is 12.7. The zero-order valence-electron chi connectivity index (χ0n) is 22.2. The maximum absolute atomic E-state index is 14.3. The molecule has 0 atom stereocenters. The lowest BCUT2D eigenvalue weighted by molar-refractivity contribution is -0.913. The Kier molecular flexibility index (Phi) is 9.35. The van der Waals surface area contributed by atoms with Gasteiger partial charge in [0.1, 0.15) is 23.9 Å². The fourth-order valence-electron chi connectivity index (χ4n) is 4.45. The van der Waals surface area contributed by atoms with Crippen molar-refractivity contribution in [1.82, 2.24) is 0 Å². The second-order valence-corrected chi connectivity index (χ2v) is 9.82. The Morgan fingerprint density at radius 3 is 2.17 bits per heavy atom. The molecule has 0 radical (unpaired) electrons. The van der Waals surface area contributed by atoms with Crippen molar-refractivity contribution in [2.75, 3.05) is 13.1 Å². The summed E-state index contributed by atoms with van der Waals surface area (Å²) >= 11 is 5.86. The van der Waals surface area contributed by atoms with Crippen molar-refractivity contribution >= 4 is 28.5 Å². The van der Waals surface area contributed by atoms with Gasteiger partial charge >= 0.3 is 12.1 Å². The molecule has 4 aromatic rings. The van der Waals surface area contributed by atoms with E-state index in [9.17, 15) is 27.2 Å². The lowest BCUT2D eigenvalue weighted by atomic mass is 10.1. The van der Waals surface area contributed by atoms with Crippen LogP contribution in [0.5, 0.6) is 17.2 Å². The first-order chi connectivity index (χ1) is 19.5. The number of alkyl halides is 3. The summed E-state index contributed by atoms with van der Waals surface area (Å²) in [4.78, 5) is 27.3. The van der Waals surface area contributed by atoms with Gasteiger partial charge in [0.15, 0.2) is 5.58 Å². The highest BCUT2D eigenvalue weighted by atomic mass is 35.5. The summed E-state index contributed by atoms with van der Waals surface area (Å²) in [7, 11) is 0. The second kappa shape index (κ2) is 12.7. The first-order valence-electron chi connectivity index (χ1n) is 13.0. The second-order valence-electron chi connectivity index (χ2n) is 9.39. The maximum Gasteiger partial charge on any atom is 0.453 e. The largest absolute Gasteiger partial charge is 0.453 e. The quantitative estimate of drug-likeness (QED) is 0.124. The first kappa shape index (κ1) is 30.1. The van der Waals surface area contributed by atoms with E-state index in [1.54, 1.807) is 0 Å². The third-order valence-corrected chi connectivity index (χ3v) is 6.54. The van der Waals surface area contributed by atoms with Crippen LogP contribution in [-0.2, 0) is 12.7 Å². The van der Waals surface area contributed by atoms with E-state index >= 15 is 0 Å². The lowest BCUT2D eigenvalue weighted by Crippen LogP contribution is -3.10. The summed E-state index contributed by atoms with van der Waals surface area (Å²) in [6.07, 6.45) is -3.53. The van der Waals surface area contributed by atoms with E-state index in [2.05, 4.69) is 0 Å². The Balaban J connectivity index is 1.90. The van der Waals surface area contributed by atoms with Gasteiger partial charge in [-0.05, 0) is 73.5 Å².